The number of ketones is 2. The van der Waals surface area contributed by atoms with Crippen LogP contribution in [-0.2, 0) is 22.6 Å². The van der Waals surface area contributed by atoms with E-state index in [4.69, 9.17) is 17.3 Å². The third kappa shape index (κ3) is 4.08. The second kappa shape index (κ2) is 10.3. The standard InChI is InChI=1S/C34H44ClN3O7/c1-7-38(21-13-17-8-9-33(21,4)32(17,2)3)14-16-12-20(39)23-18(25(16)35)10-15-11-19-26(37(5)6)28(41)24(31(36)44)30(43)34(19,45)29(42)22(15)27(23)40/h12,15,17,19,21,26,39,41-42,45H,7-11,13-14H2,1-6H3,(H2,36,44)/t15-,17?,19-,21-,26-,33?,34-/m0/s1. The van der Waals surface area contributed by atoms with E-state index in [0.29, 0.717) is 34.7 Å². The van der Waals surface area contributed by atoms with Crippen LogP contribution in [0.3, 0.4) is 0 Å². The van der Waals surface area contributed by atoms with Crippen LogP contribution in [0.2, 0.25) is 5.02 Å². The molecule has 2 fully saturated rings. The van der Waals surface area contributed by atoms with Crippen molar-refractivity contribution >= 4 is 29.1 Å². The van der Waals surface area contributed by atoms with Gasteiger partial charge in [-0.05, 0) is 92.6 Å². The van der Waals surface area contributed by atoms with Crippen LogP contribution in [0, 0.1) is 28.6 Å². The van der Waals surface area contributed by atoms with Crippen LogP contribution in [-0.4, -0.2) is 86.0 Å². The van der Waals surface area contributed by atoms with Gasteiger partial charge in [-0.15, -0.1) is 0 Å². The SMILES string of the molecule is CCN(Cc1cc(O)c2c(c1Cl)C[C@H]1C[C@H]3[C@H](N(C)C)C(O)=C(C(N)=O)C(=O)[C@@]3(O)C(O)=C1C2=O)[C@H]1CC2CCC1(C)C2(C)C. The number of nitrogens with zero attached hydrogens (tertiary/aromatic N) is 2. The van der Waals surface area contributed by atoms with Gasteiger partial charge in [0.15, 0.2) is 11.4 Å². The molecule has 0 spiro atoms. The topological polar surface area (TPSA) is 165 Å². The van der Waals surface area contributed by atoms with Gasteiger partial charge in [-0.1, -0.05) is 39.3 Å². The molecule has 5 aliphatic rings. The number of fused-ring (bicyclic) bond motifs is 5. The largest absolute Gasteiger partial charge is 0.510 e. The molecule has 0 aromatic heterocycles. The fourth-order valence-corrected chi connectivity index (χ4v) is 10.1. The zero-order valence-corrected chi connectivity index (χ0v) is 27.5. The van der Waals surface area contributed by atoms with Gasteiger partial charge in [0.05, 0.1) is 11.6 Å². The van der Waals surface area contributed by atoms with Crippen LogP contribution < -0.4 is 5.73 Å². The van der Waals surface area contributed by atoms with E-state index in [2.05, 4.69) is 32.6 Å². The number of aliphatic hydroxyl groups excluding tert-OH is 2. The Morgan fingerprint density at radius 1 is 1.13 bits per heavy atom. The Labute approximate surface area is 268 Å². The molecule has 10 nitrogen and oxygen atoms in total. The van der Waals surface area contributed by atoms with E-state index < -0.39 is 58.0 Å². The Bertz CT molecular complexity index is 1600. The highest BCUT2D eigenvalue weighted by atomic mass is 35.5. The lowest BCUT2D eigenvalue weighted by molar-refractivity contribution is -0.148. The summed E-state index contributed by atoms with van der Waals surface area (Å²) in [6.07, 6.45) is 3.69. The number of rotatable bonds is 6. The summed E-state index contributed by atoms with van der Waals surface area (Å²) in [6, 6.07) is 0.823. The van der Waals surface area contributed by atoms with Gasteiger partial charge < -0.3 is 26.2 Å². The lowest BCUT2D eigenvalue weighted by Crippen LogP contribution is -2.63. The van der Waals surface area contributed by atoms with Gasteiger partial charge in [0, 0.05) is 29.1 Å². The van der Waals surface area contributed by atoms with Crippen molar-refractivity contribution in [3.05, 3.63) is 50.4 Å². The van der Waals surface area contributed by atoms with Gasteiger partial charge in [-0.2, -0.15) is 0 Å². The number of carbonyl (C=O) groups is 3. The first-order chi connectivity index (χ1) is 20.9. The third-order valence-electron chi connectivity index (χ3n) is 12.7. The normalized spacial score (nSPS) is 35.3. The van der Waals surface area contributed by atoms with Gasteiger partial charge in [0.25, 0.3) is 5.91 Å². The fraction of sp³-hybridized carbons (Fsp3) is 0.618. The van der Waals surface area contributed by atoms with Gasteiger partial charge in [0.2, 0.25) is 5.78 Å². The first kappa shape index (κ1) is 32.0. The molecule has 1 aromatic carbocycles. The van der Waals surface area contributed by atoms with E-state index in [-0.39, 0.29) is 40.6 Å². The Morgan fingerprint density at radius 2 is 1.80 bits per heavy atom. The van der Waals surface area contributed by atoms with Crippen molar-refractivity contribution in [2.75, 3.05) is 20.6 Å². The van der Waals surface area contributed by atoms with E-state index in [1.165, 1.54) is 23.8 Å². The number of amides is 1. The predicted molar refractivity (Wildman–Crippen MR) is 168 cm³/mol. The van der Waals surface area contributed by atoms with Crippen molar-refractivity contribution in [2.24, 2.45) is 34.3 Å². The number of primary amides is 1. The minimum Gasteiger partial charge on any atom is -0.510 e. The molecule has 11 heteroatoms. The van der Waals surface area contributed by atoms with E-state index >= 15 is 0 Å². The molecule has 2 unspecified atom stereocenters. The number of hydrogen-bond donors (Lipinski definition) is 5. The first-order valence-electron chi connectivity index (χ1n) is 15.8. The molecule has 0 radical (unpaired) electrons. The highest BCUT2D eigenvalue weighted by Crippen LogP contribution is 2.66. The number of phenols is 1. The lowest BCUT2D eigenvalue weighted by Gasteiger charge is -2.50. The molecular weight excluding hydrogens is 598 g/mol. The Hall–Kier alpha value is -2.92. The van der Waals surface area contributed by atoms with E-state index in [0.717, 1.165) is 13.0 Å². The maximum atomic E-state index is 14.0. The number of nitrogens with two attached hydrogens (primary N) is 1. The summed E-state index contributed by atoms with van der Waals surface area (Å²) in [7, 11) is 3.21. The molecule has 0 heterocycles. The number of likely N-dealkylation sites (N-methyl/N-ethyl adjacent to an activating group) is 1. The second-order valence-corrected chi connectivity index (χ2v) is 15.3. The number of allylic oxidation sites excluding steroid dienone is 1. The molecule has 6 N–H and O–H groups in total. The smallest absolute Gasteiger partial charge is 0.255 e. The molecule has 2 bridgehead atoms. The maximum Gasteiger partial charge on any atom is 0.255 e. The van der Waals surface area contributed by atoms with Crippen molar-refractivity contribution in [2.45, 2.75) is 84.0 Å². The summed E-state index contributed by atoms with van der Waals surface area (Å²) in [6.45, 7) is 10.6. The zero-order chi connectivity index (χ0) is 33.1. The van der Waals surface area contributed by atoms with Gasteiger partial charge in [0.1, 0.15) is 22.8 Å². The average Bonchev–Trinajstić information content (AvgIpc) is 3.29. The van der Waals surface area contributed by atoms with Crippen molar-refractivity contribution in [1.29, 1.82) is 0 Å². The van der Waals surface area contributed by atoms with Crippen molar-refractivity contribution in [3.8, 4) is 5.75 Å². The Kier molecular flexibility index (Phi) is 7.33. The van der Waals surface area contributed by atoms with E-state index in [9.17, 15) is 34.8 Å². The molecule has 0 aliphatic heterocycles. The molecule has 1 amide bonds. The number of aliphatic hydroxyl groups is 3. The first-order valence-corrected chi connectivity index (χ1v) is 16.2. The van der Waals surface area contributed by atoms with Crippen LogP contribution in [0.1, 0.15) is 74.9 Å². The summed E-state index contributed by atoms with van der Waals surface area (Å²) in [5, 5.41) is 45.9. The van der Waals surface area contributed by atoms with E-state index in [1.54, 1.807) is 14.1 Å². The number of benzene rings is 1. The second-order valence-electron chi connectivity index (χ2n) is 14.9. The summed E-state index contributed by atoms with van der Waals surface area (Å²) in [5.41, 5.74) is 3.19. The van der Waals surface area contributed by atoms with Crippen LogP contribution in [0.4, 0.5) is 0 Å². The fourth-order valence-electron chi connectivity index (χ4n) is 9.84. The van der Waals surface area contributed by atoms with Gasteiger partial charge in [-0.3, -0.25) is 24.2 Å². The summed E-state index contributed by atoms with van der Waals surface area (Å²) in [4.78, 5) is 43.7. The molecular formula is C34H44ClN3O7. The van der Waals surface area contributed by atoms with E-state index in [1.807, 2.05) is 0 Å². The molecule has 1 aromatic rings. The van der Waals surface area contributed by atoms with Gasteiger partial charge >= 0.3 is 0 Å². The molecule has 6 rings (SSSR count). The number of halogens is 1. The number of hydrogen-bond acceptors (Lipinski definition) is 9. The van der Waals surface area contributed by atoms with Crippen LogP contribution >= 0.6 is 11.6 Å². The zero-order valence-electron chi connectivity index (χ0n) is 26.8. The lowest BCUT2D eigenvalue weighted by atomic mass is 9.58. The highest BCUT2D eigenvalue weighted by Gasteiger charge is 2.64. The quantitative estimate of drug-likeness (QED) is 0.291. The van der Waals surface area contributed by atoms with Gasteiger partial charge in [-0.25, -0.2) is 0 Å². The van der Waals surface area contributed by atoms with Crippen LogP contribution in [0.15, 0.2) is 28.7 Å². The number of Topliss-reactive ketones (excluding diaryl/α,β-unsaturated/α-hetero) is 2. The average molecular weight is 642 g/mol. The maximum absolute atomic E-state index is 14.0. The monoisotopic (exact) mass is 641 g/mol. The third-order valence-corrected chi connectivity index (χ3v) is 13.2. The van der Waals surface area contributed by atoms with Crippen LogP contribution in [0.25, 0.3) is 0 Å². The number of phenolic OH excluding ortho intramolecular Hbond substituents is 1. The minimum atomic E-state index is -2.67. The summed E-state index contributed by atoms with van der Waals surface area (Å²) < 4.78 is 0. The molecule has 7 atom stereocenters. The minimum absolute atomic E-state index is 0.0189. The molecule has 244 valence electrons. The molecule has 2 saturated carbocycles. The predicted octanol–water partition coefficient (Wildman–Crippen LogP) is 3.81. The van der Waals surface area contributed by atoms with Crippen molar-refractivity contribution < 1.29 is 34.8 Å². The summed E-state index contributed by atoms with van der Waals surface area (Å²) in [5.74, 6) is -6.11. The Morgan fingerprint density at radius 3 is 2.33 bits per heavy atom. The van der Waals surface area contributed by atoms with Crippen molar-refractivity contribution in [3.63, 3.8) is 0 Å². The number of aromatic hydroxyl groups is 1. The summed E-state index contributed by atoms with van der Waals surface area (Å²) >= 11 is 7.07. The molecule has 0 saturated heterocycles. The number of carbonyl (C=O) groups excluding carboxylic acids is 3. The highest BCUT2D eigenvalue weighted by molar-refractivity contribution is 6.33. The van der Waals surface area contributed by atoms with Crippen molar-refractivity contribution in [1.82, 2.24) is 9.80 Å². The molecule has 5 aliphatic carbocycles. The molecule has 45 heavy (non-hydrogen) atoms. The van der Waals surface area contributed by atoms with Crippen LogP contribution in [0.5, 0.6) is 5.75 Å². The Balaban J connectivity index is 1.40.